The maximum Gasteiger partial charge on any atom is 0.184 e. The molecule has 0 saturated carbocycles. The van der Waals surface area contributed by atoms with Crippen LogP contribution in [-0.2, 0) is 48.8 Å². The molecule has 2 saturated heterocycles. The number of benzene rings is 3. The molecule has 4 unspecified atom stereocenters. The number of anilines is 2. The van der Waals surface area contributed by atoms with Gasteiger partial charge in [0, 0.05) is 31.6 Å². The van der Waals surface area contributed by atoms with Crippen molar-refractivity contribution in [3.63, 3.8) is 0 Å². The van der Waals surface area contributed by atoms with Crippen LogP contribution in [-0.4, -0.2) is 100 Å². The predicted molar refractivity (Wildman–Crippen MR) is 280 cm³/mol. The summed E-state index contributed by atoms with van der Waals surface area (Å²) in [4.78, 5) is 4.81. The van der Waals surface area contributed by atoms with Gasteiger partial charge in [-0.05, 0) is 117 Å². The Kier molecular flexibility index (Phi) is 19.6. The first-order valence-electron chi connectivity index (χ1n) is 23.3. The SMILES string of the molecule is CO[Si]1(CCn2cc(COc3ccc([OH+]C(C)C)c([CH]=[Ru]([Cl])[Cl])c3)nn2)OC(C(C)O[Si](C)(C)C)C(C(C)O[Si](C)(C)C)O1.Cc1cc(C)c(N2[CH-]N(c3c(C)cc(C)cc3C)CC2)c(C)c1. The van der Waals surface area contributed by atoms with E-state index in [9.17, 15) is 0 Å². The Hall–Kier alpha value is -2.48. The Morgan fingerprint density at radius 2 is 1.30 bits per heavy atom. The first-order chi connectivity index (χ1) is 31.2. The second-order valence-corrected chi connectivity index (χ2v) is 37.6. The minimum absolute atomic E-state index is 0.149. The van der Waals surface area contributed by atoms with Crippen LogP contribution in [0.3, 0.4) is 0 Å². The normalized spacial score (nSPS) is 19.9. The van der Waals surface area contributed by atoms with Gasteiger partial charge < -0.3 is 31.9 Å². The summed E-state index contributed by atoms with van der Waals surface area (Å²) in [6.45, 7) is 39.6. The molecule has 3 aromatic carbocycles. The molecule has 12 nitrogen and oxygen atoms in total. The summed E-state index contributed by atoms with van der Waals surface area (Å²) >= 11 is -2.04. The smallest absolute Gasteiger partial charge is 0.184 e. The number of hydrogen-bond donors (Lipinski definition) is 0. The minimum atomic E-state index is -3.07. The first-order valence-corrected chi connectivity index (χ1v) is 37.5. The van der Waals surface area contributed by atoms with Crippen LogP contribution in [0.4, 0.5) is 11.4 Å². The van der Waals surface area contributed by atoms with Gasteiger partial charge in [0.1, 0.15) is 12.2 Å². The van der Waals surface area contributed by atoms with Crippen LogP contribution < -0.4 is 14.5 Å². The number of rotatable bonds is 18. The van der Waals surface area contributed by atoms with Gasteiger partial charge in [-0.25, -0.2) is 0 Å². The summed E-state index contributed by atoms with van der Waals surface area (Å²) < 4.78 is 46.6. The van der Waals surface area contributed by atoms with E-state index in [0.29, 0.717) is 24.0 Å². The van der Waals surface area contributed by atoms with Crippen molar-refractivity contribution in [3.8, 4) is 11.5 Å². The monoisotopic (exact) mass is 1100 g/mol. The molecule has 18 heteroatoms. The van der Waals surface area contributed by atoms with Gasteiger partial charge in [-0.2, -0.15) is 6.67 Å². The molecule has 0 aliphatic carbocycles. The molecule has 0 spiro atoms. The molecule has 374 valence electrons. The quantitative estimate of drug-likeness (QED) is 0.0543. The molecule has 67 heavy (non-hydrogen) atoms. The van der Waals surface area contributed by atoms with Gasteiger partial charge in [0.25, 0.3) is 0 Å². The number of nitrogens with zero attached hydrogens (tertiary/aromatic N) is 5. The summed E-state index contributed by atoms with van der Waals surface area (Å²) in [5.41, 5.74) is 12.4. The van der Waals surface area contributed by atoms with E-state index in [4.69, 9.17) is 46.2 Å². The van der Waals surface area contributed by atoms with Crippen molar-refractivity contribution in [1.29, 1.82) is 0 Å². The number of ether oxygens (including phenoxy) is 2. The van der Waals surface area contributed by atoms with Crippen LogP contribution in [0.25, 0.3) is 0 Å². The molecule has 6 rings (SSSR count). The largest absolute Gasteiger partial charge is 0.502 e. The summed E-state index contributed by atoms with van der Waals surface area (Å²) in [6, 6.07) is 15.4. The molecule has 3 heterocycles. The topological polar surface area (TPSA) is 105 Å². The predicted octanol–water partition coefficient (Wildman–Crippen LogP) is 11.4. The minimum Gasteiger partial charge on any atom is -0.502 e. The van der Waals surface area contributed by atoms with Crippen LogP contribution in [0, 0.1) is 48.2 Å². The Morgan fingerprint density at radius 3 is 1.73 bits per heavy atom. The molecular weight excluding hydrogens is 1030 g/mol. The van der Waals surface area contributed by atoms with Gasteiger partial charge in [0.05, 0.1) is 12.2 Å². The van der Waals surface area contributed by atoms with Crippen LogP contribution in [0.15, 0.2) is 48.7 Å². The summed E-state index contributed by atoms with van der Waals surface area (Å²) in [5, 5.41) is 8.63. The van der Waals surface area contributed by atoms with E-state index in [1.807, 2.05) is 42.9 Å². The molecule has 1 N–H and O–H groups in total. The van der Waals surface area contributed by atoms with Crippen LogP contribution >= 0.6 is 19.4 Å². The Balaban J connectivity index is 0.000000304. The molecular formula is C49H77Cl2N5O7RuSi3. The van der Waals surface area contributed by atoms with Crippen molar-refractivity contribution in [2.75, 3.05) is 30.0 Å². The van der Waals surface area contributed by atoms with E-state index in [-0.39, 0.29) is 37.1 Å². The van der Waals surface area contributed by atoms with E-state index in [2.05, 4.69) is 150 Å². The van der Waals surface area contributed by atoms with Crippen LogP contribution in [0.1, 0.15) is 72.3 Å². The second-order valence-electron chi connectivity index (χ2n) is 20.2. The van der Waals surface area contributed by atoms with Crippen LogP contribution in [0.5, 0.6) is 11.5 Å². The van der Waals surface area contributed by atoms with Gasteiger partial charge >= 0.3 is 157 Å². The zero-order valence-electron chi connectivity index (χ0n) is 42.9. The third kappa shape index (κ3) is 16.0. The zero-order valence-corrected chi connectivity index (χ0v) is 49.2. The van der Waals surface area contributed by atoms with Crippen molar-refractivity contribution in [2.45, 2.75) is 158 Å². The molecule has 4 atom stereocenters. The second kappa shape index (κ2) is 23.6. The Bertz CT molecular complexity index is 2180. The van der Waals surface area contributed by atoms with Gasteiger partial charge in [0.2, 0.25) is 0 Å². The number of aromatic nitrogens is 3. The Morgan fingerprint density at radius 1 is 0.806 bits per heavy atom. The van der Waals surface area contributed by atoms with E-state index < -0.39 is 39.0 Å². The molecule has 2 aliphatic rings. The summed E-state index contributed by atoms with van der Waals surface area (Å²) in [7, 11) is 7.27. The fraction of sp³-hybridized carbons (Fsp3) is 0.551. The van der Waals surface area contributed by atoms with E-state index in [1.165, 1.54) is 44.8 Å². The van der Waals surface area contributed by atoms with Crippen molar-refractivity contribution in [3.05, 3.63) is 100.0 Å². The molecule has 0 amide bonds. The molecule has 2 aliphatic heterocycles. The van der Waals surface area contributed by atoms with Gasteiger partial charge in [-0.15, -0.1) is 0 Å². The molecule has 1 aromatic heterocycles. The molecule has 2 fully saturated rings. The summed E-state index contributed by atoms with van der Waals surface area (Å²) in [5.74, 6) is 1.52. The van der Waals surface area contributed by atoms with Crippen molar-refractivity contribution >= 4 is 60.8 Å². The standard InChI is InChI=1S/C28H49N3O7Si3.C21H27N2.2ClH.Ru/c1-20(2)34-26-14-13-25(17-21(26)3)33-19-24-18-31(30-29-24)15-16-41(32-6)37-27(22(4)35-39(7,8)9)28(38-41)23(5)36-40(10,11)12;1-14-9-16(3)20(17(4)10-14)22-7-8-23(13-22)21-18(5)11-15(2)12-19(21)6;;;/h3,13-14,17-18,20,22-23,27-28H,15-16,19H2,1-2,4-12H3;9-13H,7-8H2,1-6H3;2*1H;/q;-1;;;+2/p-1. The number of hydrogen-bond acceptors (Lipinski definition) is 10. The first kappa shape index (κ1) is 55.5. The maximum absolute atomic E-state index is 6.67. The third-order valence-electron chi connectivity index (χ3n) is 11.2. The van der Waals surface area contributed by atoms with Crippen molar-refractivity contribution in [1.82, 2.24) is 15.0 Å². The number of halogens is 2. The number of aryl methyl sites for hydroxylation is 7. The van der Waals surface area contributed by atoms with Crippen molar-refractivity contribution in [2.24, 2.45) is 0 Å². The van der Waals surface area contributed by atoms with Crippen LogP contribution in [0.2, 0.25) is 45.3 Å². The van der Waals surface area contributed by atoms with Gasteiger partial charge in [0.15, 0.2) is 16.6 Å². The molecule has 0 radical (unpaired) electrons. The third-order valence-corrected chi connectivity index (χ3v) is 17.9. The fourth-order valence-corrected chi connectivity index (χ4v) is 16.0. The average molecular weight is 1100 g/mol. The molecule has 0 bridgehead atoms. The van der Waals surface area contributed by atoms with E-state index >= 15 is 0 Å². The van der Waals surface area contributed by atoms with E-state index in [0.717, 1.165) is 24.4 Å². The zero-order chi connectivity index (χ0) is 49.6. The van der Waals surface area contributed by atoms with Crippen molar-refractivity contribution < 1.29 is 45.1 Å². The average Bonchev–Trinajstić information content (AvgIpc) is 3.95. The van der Waals surface area contributed by atoms with Gasteiger partial charge in [-0.1, -0.05) is 35.4 Å². The number of aromatic hydroxyl groups is 1. The Labute approximate surface area is 418 Å². The van der Waals surface area contributed by atoms with E-state index in [1.54, 1.807) is 11.8 Å². The summed E-state index contributed by atoms with van der Waals surface area (Å²) in [6.07, 6.45) is 1.11. The fourth-order valence-electron chi connectivity index (χ4n) is 9.06. The van der Waals surface area contributed by atoms with Gasteiger partial charge in [-0.3, -0.25) is 0 Å². The molecule has 4 aromatic rings. The number of aliphatic hydroxyl groups is 1. The maximum atomic E-state index is 6.67.